The summed E-state index contributed by atoms with van der Waals surface area (Å²) in [5.74, 6) is 0.539. The third-order valence-electron chi connectivity index (χ3n) is 6.73. The van der Waals surface area contributed by atoms with Gasteiger partial charge in [0.2, 0.25) is 0 Å². The topological polar surface area (TPSA) is 55.9 Å². The molecule has 0 aromatic heterocycles. The highest BCUT2D eigenvalue weighted by molar-refractivity contribution is 6.07. The van der Waals surface area contributed by atoms with Crippen LogP contribution in [0.3, 0.4) is 0 Å². The molecule has 3 fully saturated rings. The van der Waals surface area contributed by atoms with E-state index in [4.69, 9.17) is 0 Å². The maximum absolute atomic E-state index is 13.4. The minimum Gasteiger partial charge on any atom is -0.322 e. The molecule has 0 aromatic rings. The van der Waals surface area contributed by atoms with Crippen molar-refractivity contribution in [1.82, 2.24) is 20.0 Å². The zero-order valence-electron chi connectivity index (χ0n) is 16.3. The van der Waals surface area contributed by atoms with Gasteiger partial charge in [0.25, 0.3) is 5.91 Å². The van der Waals surface area contributed by atoms with E-state index in [9.17, 15) is 9.59 Å². The Balaban J connectivity index is 1.78. The van der Waals surface area contributed by atoms with Crippen LogP contribution in [0.2, 0.25) is 0 Å². The Labute approximate surface area is 151 Å². The number of nitrogens with one attached hydrogen (secondary N) is 1. The van der Waals surface area contributed by atoms with Crippen LogP contribution in [0.15, 0.2) is 0 Å². The van der Waals surface area contributed by atoms with Gasteiger partial charge in [-0.2, -0.15) is 0 Å². The van der Waals surface area contributed by atoms with Gasteiger partial charge in [-0.1, -0.05) is 20.3 Å². The smallest absolute Gasteiger partial charge is 0.322 e. The maximum Gasteiger partial charge on any atom is 0.325 e. The van der Waals surface area contributed by atoms with E-state index in [0.717, 1.165) is 45.6 Å². The minimum atomic E-state index is -0.635. The summed E-state index contributed by atoms with van der Waals surface area (Å²) in [6.45, 7) is 13.7. The fourth-order valence-corrected chi connectivity index (χ4v) is 5.08. The van der Waals surface area contributed by atoms with Crippen LogP contribution in [0.4, 0.5) is 4.79 Å². The van der Waals surface area contributed by atoms with Crippen molar-refractivity contribution in [3.05, 3.63) is 0 Å². The zero-order chi connectivity index (χ0) is 18.2. The molecule has 142 valence electrons. The summed E-state index contributed by atoms with van der Waals surface area (Å²) < 4.78 is 0. The Morgan fingerprint density at radius 3 is 2.28 bits per heavy atom. The average Bonchev–Trinajstić information content (AvgIpc) is 2.80. The lowest BCUT2D eigenvalue weighted by atomic mass is 9.63. The van der Waals surface area contributed by atoms with Gasteiger partial charge in [0.05, 0.1) is 0 Å². The monoisotopic (exact) mass is 350 g/mol. The first-order chi connectivity index (χ1) is 11.9. The second-order valence-corrected chi connectivity index (χ2v) is 8.16. The quantitative estimate of drug-likeness (QED) is 0.742. The first kappa shape index (κ1) is 18.6. The lowest BCUT2D eigenvalue weighted by molar-refractivity contribution is -0.142. The Bertz CT molecular complexity index is 504. The molecule has 3 aliphatic rings. The van der Waals surface area contributed by atoms with Crippen LogP contribution in [-0.4, -0.2) is 77.5 Å². The second-order valence-electron chi connectivity index (χ2n) is 8.16. The Kier molecular flexibility index (Phi) is 5.40. The molecule has 2 unspecified atom stereocenters. The highest BCUT2D eigenvalue weighted by atomic mass is 16.2. The number of nitrogens with zero attached hydrogens (tertiary/aromatic N) is 3. The van der Waals surface area contributed by atoms with E-state index in [0.29, 0.717) is 12.6 Å². The number of hydrogen-bond acceptors (Lipinski definition) is 4. The number of amides is 3. The number of piperidine rings is 1. The van der Waals surface area contributed by atoms with Crippen molar-refractivity contribution >= 4 is 11.9 Å². The third kappa shape index (κ3) is 3.08. The zero-order valence-corrected chi connectivity index (χ0v) is 16.3. The Hall–Kier alpha value is -1.14. The van der Waals surface area contributed by atoms with E-state index in [1.807, 2.05) is 0 Å². The number of carbonyl (C=O) groups is 2. The summed E-state index contributed by atoms with van der Waals surface area (Å²) in [7, 11) is 0. The third-order valence-corrected chi connectivity index (χ3v) is 6.73. The van der Waals surface area contributed by atoms with Gasteiger partial charge >= 0.3 is 6.03 Å². The van der Waals surface area contributed by atoms with Gasteiger partial charge in [-0.05, 0) is 39.8 Å². The molecule has 2 atom stereocenters. The van der Waals surface area contributed by atoms with Crippen LogP contribution in [0, 0.1) is 11.8 Å². The van der Waals surface area contributed by atoms with Crippen molar-refractivity contribution < 1.29 is 9.59 Å². The molecule has 25 heavy (non-hydrogen) atoms. The number of carbonyl (C=O) groups excluding carboxylic acids is 2. The molecule has 2 aliphatic heterocycles. The SMILES string of the molecule is CCN(CC)CCN1C(=O)NC2(C1=O)C1CCCC2CN(C(C)C)C1. The van der Waals surface area contributed by atoms with Crippen molar-refractivity contribution in [2.45, 2.75) is 58.5 Å². The van der Waals surface area contributed by atoms with E-state index in [-0.39, 0.29) is 23.8 Å². The molecule has 6 heteroatoms. The number of urea groups is 1. The average molecular weight is 351 g/mol. The van der Waals surface area contributed by atoms with Crippen LogP contribution in [0.5, 0.6) is 0 Å². The fraction of sp³-hybridized carbons (Fsp3) is 0.895. The van der Waals surface area contributed by atoms with Gasteiger partial charge in [0.1, 0.15) is 5.54 Å². The molecule has 2 bridgehead atoms. The number of imide groups is 1. The molecule has 1 N–H and O–H groups in total. The van der Waals surface area contributed by atoms with E-state index in [2.05, 4.69) is 42.8 Å². The predicted molar refractivity (Wildman–Crippen MR) is 98.3 cm³/mol. The van der Waals surface area contributed by atoms with E-state index in [1.165, 1.54) is 11.3 Å². The van der Waals surface area contributed by atoms with Gasteiger partial charge in [-0.3, -0.25) is 9.69 Å². The number of hydrogen-bond donors (Lipinski definition) is 1. The summed E-state index contributed by atoms with van der Waals surface area (Å²) in [4.78, 5) is 32.3. The Morgan fingerprint density at radius 2 is 1.76 bits per heavy atom. The van der Waals surface area contributed by atoms with Crippen molar-refractivity contribution in [1.29, 1.82) is 0 Å². The van der Waals surface area contributed by atoms with Crippen molar-refractivity contribution in [2.75, 3.05) is 39.3 Å². The number of rotatable bonds is 6. The highest BCUT2D eigenvalue weighted by Gasteiger charge is 2.63. The first-order valence-corrected chi connectivity index (χ1v) is 10.0. The molecule has 3 amide bonds. The molecule has 2 heterocycles. The molecule has 1 aliphatic carbocycles. The van der Waals surface area contributed by atoms with Gasteiger partial charge in [0.15, 0.2) is 0 Å². The van der Waals surface area contributed by atoms with Crippen LogP contribution < -0.4 is 5.32 Å². The molecule has 2 saturated heterocycles. The summed E-state index contributed by atoms with van der Waals surface area (Å²) in [6, 6.07) is 0.318. The standard InChI is InChI=1S/C19H34N4O2/c1-5-21(6-2)10-11-23-17(24)19(20-18(23)25)15-8-7-9-16(19)13-22(12-15)14(3)4/h14-16H,5-13H2,1-4H3,(H,20,25). The molecule has 0 aromatic carbocycles. The van der Waals surface area contributed by atoms with Crippen molar-refractivity contribution in [3.63, 3.8) is 0 Å². The van der Waals surface area contributed by atoms with E-state index in [1.54, 1.807) is 0 Å². The van der Waals surface area contributed by atoms with Gasteiger partial charge < -0.3 is 15.1 Å². The molecular formula is C19H34N4O2. The van der Waals surface area contributed by atoms with Crippen LogP contribution in [0.25, 0.3) is 0 Å². The fourth-order valence-electron chi connectivity index (χ4n) is 5.08. The lowest BCUT2D eigenvalue weighted by Gasteiger charge is -2.53. The summed E-state index contributed by atoms with van der Waals surface area (Å²) in [6.07, 6.45) is 3.25. The van der Waals surface area contributed by atoms with Crippen molar-refractivity contribution in [2.24, 2.45) is 11.8 Å². The second kappa shape index (κ2) is 7.23. The summed E-state index contributed by atoms with van der Waals surface area (Å²) >= 11 is 0. The van der Waals surface area contributed by atoms with Crippen LogP contribution >= 0.6 is 0 Å². The molecule has 1 saturated carbocycles. The number of likely N-dealkylation sites (tertiary alicyclic amines) is 1. The van der Waals surface area contributed by atoms with E-state index >= 15 is 0 Å². The molecule has 1 spiro atoms. The predicted octanol–water partition coefficient (Wildman–Crippen LogP) is 1.76. The largest absolute Gasteiger partial charge is 0.325 e. The van der Waals surface area contributed by atoms with Gasteiger partial charge in [-0.25, -0.2) is 4.79 Å². The molecular weight excluding hydrogens is 316 g/mol. The van der Waals surface area contributed by atoms with Crippen molar-refractivity contribution in [3.8, 4) is 0 Å². The molecule has 6 nitrogen and oxygen atoms in total. The number of likely N-dealkylation sites (N-methyl/N-ethyl adjacent to an activating group) is 1. The lowest BCUT2D eigenvalue weighted by Crippen LogP contribution is -2.68. The van der Waals surface area contributed by atoms with Gasteiger partial charge in [-0.15, -0.1) is 0 Å². The van der Waals surface area contributed by atoms with E-state index < -0.39 is 5.54 Å². The summed E-state index contributed by atoms with van der Waals surface area (Å²) in [5, 5.41) is 3.18. The molecule has 3 rings (SSSR count). The highest BCUT2D eigenvalue weighted by Crippen LogP contribution is 2.46. The molecule has 0 radical (unpaired) electrons. The van der Waals surface area contributed by atoms with Crippen LogP contribution in [0.1, 0.15) is 47.0 Å². The Morgan fingerprint density at radius 1 is 1.16 bits per heavy atom. The van der Waals surface area contributed by atoms with Crippen LogP contribution in [-0.2, 0) is 4.79 Å². The van der Waals surface area contributed by atoms with Gasteiger partial charge in [0, 0.05) is 44.1 Å². The minimum absolute atomic E-state index is 0.0442. The normalized spacial score (nSPS) is 33.0. The summed E-state index contributed by atoms with van der Waals surface area (Å²) in [5.41, 5.74) is -0.635. The maximum atomic E-state index is 13.4. The first-order valence-electron chi connectivity index (χ1n) is 10.0.